The summed E-state index contributed by atoms with van der Waals surface area (Å²) in [5.74, 6) is 0.341. The van der Waals surface area contributed by atoms with Crippen molar-refractivity contribution >= 4 is 28.6 Å². The SMILES string of the molecule is CN(CCCNC(=O)Nc1ccc(C(C)(C)C)cc1)CC1O[C@@H](n2ccc3c(N)ncnc32)C(O)[C@@H]1O. The molecular weight excluding hydrogens is 474 g/mol. The quantitative estimate of drug-likeness (QED) is 0.288. The second-order valence-corrected chi connectivity index (χ2v) is 10.6. The van der Waals surface area contributed by atoms with Gasteiger partial charge in [-0.2, -0.15) is 0 Å². The fourth-order valence-electron chi connectivity index (χ4n) is 4.48. The smallest absolute Gasteiger partial charge is 0.319 e. The Hall–Kier alpha value is -3.25. The van der Waals surface area contributed by atoms with E-state index >= 15 is 0 Å². The summed E-state index contributed by atoms with van der Waals surface area (Å²) in [5.41, 5.74) is 8.45. The van der Waals surface area contributed by atoms with Crippen LogP contribution in [-0.4, -0.2) is 80.7 Å². The Labute approximate surface area is 216 Å². The molecule has 0 radical (unpaired) electrons. The van der Waals surface area contributed by atoms with Crippen molar-refractivity contribution in [2.75, 3.05) is 37.7 Å². The highest BCUT2D eigenvalue weighted by Crippen LogP contribution is 2.33. The van der Waals surface area contributed by atoms with Crippen LogP contribution in [0.5, 0.6) is 0 Å². The van der Waals surface area contributed by atoms with Crippen LogP contribution in [0.25, 0.3) is 11.0 Å². The standard InChI is InChI=1S/C26H37N7O4/c1-26(2,3)16-6-8-17(9-7-16)31-25(36)28-11-5-12-32(4)14-19-20(34)21(35)24(37-19)33-13-10-18-22(27)29-15-30-23(18)33/h6-10,13,15,19-21,24,34-35H,5,11-12,14H2,1-4H3,(H2,27,29,30)(H2,28,31,36)/t19?,20-,21?,24-/m1/s1. The van der Waals surface area contributed by atoms with E-state index in [0.717, 1.165) is 5.69 Å². The van der Waals surface area contributed by atoms with Crippen molar-refractivity contribution in [3.8, 4) is 0 Å². The summed E-state index contributed by atoms with van der Waals surface area (Å²) in [4.78, 5) is 22.4. The highest BCUT2D eigenvalue weighted by atomic mass is 16.6. The Morgan fingerprint density at radius 3 is 2.59 bits per heavy atom. The van der Waals surface area contributed by atoms with Gasteiger partial charge in [-0.1, -0.05) is 32.9 Å². The summed E-state index contributed by atoms with van der Waals surface area (Å²) in [6.45, 7) is 8.02. The third-order valence-electron chi connectivity index (χ3n) is 6.65. The van der Waals surface area contributed by atoms with Gasteiger partial charge in [-0.3, -0.25) is 0 Å². The number of nitrogens with one attached hydrogen (secondary N) is 2. The number of benzene rings is 1. The Kier molecular flexibility index (Phi) is 7.98. The number of likely N-dealkylation sites (N-methyl/N-ethyl adjacent to an activating group) is 1. The van der Waals surface area contributed by atoms with Crippen LogP contribution in [0.1, 0.15) is 39.0 Å². The summed E-state index contributed by atoms with van der Waals surface area (Å²) in [5, 5.41) is 27.6. The molecule has 0 aliphatic carbocycles. The number of carbonyl (C=O) groups is 1. The molecule has 0 spiro atoms. The molecule has 37 heavy (non-hydrogen) atoms. The Morgan fingerprint density at radius 1 is 1.16 bits per heavy atom. The van der Waals surface area contributed by atoms with Crippen molar-refractivity contribution in [2.45, 2.75) is 57.1 Å². The molecule has 4 atom stereocenters. The number of fused-ring (bicyclic) bond motifs is 1. The van der Waals surface area contributed by atoms with E-state index in [4.69, 9.17) is 10.5 Å². The Bertz CT molecular complexity index is 1210. The topological polar surface area (TPSA) is 151 Å². The maximum Gasteiger partial charge on any atom is 0.319 e. The van der Waals surface area contributed by atoms with E-state index in [1.54, 1.807) is 16.8 Å². The number of rotatable bonds is 8. The number of nitrogens with zero attached hydrogens (tertiary/aromatic N) is 4. The minimum atomic E-state index is -1.12. The van der Waals surface area contributed by atoms with Crippen molar-refractivity contribution in [3.63, 3.8) is 0 Å². The first-order chi connectivity index (χ1) is 17.5. The number of hydrogen-bond acceptors (Lipinski definition) is 8. The van der Waals surface area contributed by atoms with Gasteiger partial charge in [-0.25, -0.2) is 14.8 Å². The molecule has 1 fully saturated rings. The minimum absolute atomic E-state index is 0.0610. The van der Waals surface area contributed by atoms with Gasteiger partial charge in [0.15, 0.2) is 6.23 Å². The van der Waals surface area contributed by atoms with Crippen molar-refractivity contribution in [2.24, 2.45) is 0 Å². The van der Waals surface area contributed by atoms with E-state index in [-0.39, 0.29) is 11.4 Å². The van der Waals surface area contributed by atoms with Gasteiger partial charge in [0.1, 0.15) is 36.1 Å². The molecule has 0 saturated carbocycles. The van der Waals surface area contributed by atoms with Crippen molar-refractivity contribution < 1.29 is 19.7 Å². The van der Waals surface area contributed by atoms with Crippen LogP contribution in [-0.2, 0) is 10.2 Å². The molecule has 200 valence electrons. The summed E-state index contributed by atoms with van der Waals surface area (Å²) >= 11 is 0. The number of anilines is 2. The maximum absolute atomic E-state index is 12.2. The Morgan fingerprint density at radius 2 is 1.89 bits per heavy atom. The number of nitrogen functional groups attached to an aromatic ring is 1. The molecule has 0 bridgehead atoms. The average molecular weight is 512 g/mol. The number of nitrogens with two attached hydrogens (primary N) is 1. The minimum Gasteiger partial charge on any atom is -0.387 e. The summed E-state index contributed by atoms with van der Waals surface area (Å²) in [7, 11) is 1.91. The molecule has 3 heterocycles. The largest absolute Gasteiger partial charge is 0.387 e. The number of aliphatic hydroxyl groups is 2. The number of aliphatic hydroxyl groups excluding tert-OH is 2. The monoisotopic (exact) mass is 511 g/mol. The van der Waals surface area contributed by atoms with E-state index in [2.05, 4.69) is 41.4 Å². The number of amides is 2. The summed E-state index contributed by atoms with van der Waals surface area (Å²) in [6, 6.07) is 9.36. The van der Waals surface area contributed by atoms with Crippen molar-refractivity contribution in [1.29, 1.82) is 0 Å². The zero-order chi connectivity index (χ0) is 26.7. The zero-order valence-corrected chi connectivity index (χ0v) is 21.8. The third-order valence-corrected chi connectivity index (χ3v) is 6.65. The second kappa shape index (κ2) is 11.0. The van der Waals surface area contributed by atoms with Gasteiger partial charge < -0.3 is 40.8 Å². The lowest BCUT2D eigenvalue weighted by molar-refractivity contribution is -0.0419. The predicted molar refractivity (Wildman–Crippen MR) is 142 cm³/mol. The molecule has 1 aliphatic rings. The van der Waals surface area contributed by atoms with E-state index in [1.165, 1.54) is 11.9 Å². The van der Waals surface area contributed by atoms with Crippen molar-refractivity contribution in [1.82, 2.24) is 24.8 Å². The molecule has 11 heteroatoms. The molecule has 2 aromatic heterocycles. The van der Waals surface area contributed by atoms with Crippen LogP contribution in [0.4, 0.5) is 16.3 Å². The molecular formula is C26H37N7O4. The molecule has 1 aliphatic heterocycles. The van der Waals surface area contributed by atoms with Crippen molar-refractivity contribution in [3.05, 3.63) is 48.4 Å². The normalized spacial score (nSPS) is 22.0. The van der Waals surface area contributed by atoms with Gasteiger partial charge in [0.05, 0.1) is 5.39 Å². The highest BCUT2D eigenvalue weighted by Gasteiger charge is 2.44. The first-order valence-electron chi connectivity index (χ1n) is 12.5. The van der Waals surface area contributed by atoms with Gasteiger partial charge in [0.25, 0.3) is 0 Å². The lowest BCUT2D eigenvalue weighted by Crippen LogP contribution is -2.39. The molecule has 1 aromatic carbocycles. The zero-order valence-electron chi connectivity index (χ0n) is 21.8. The number of aromatic nitrogens is 3. The second-order valence-electron chi connectivity index (χ2n) is 10.6. The molecule has 1 saturated heterocycles. The van der Waals surface area contributed by atoms with Crippen LogP contribution in [0.3, 0.4) is 0 Å². The highest BCUT2D eigenvalue weighted by molar-refractivity contribution is 5.89. The molecule has 6 N–H and O–H groups in total. The van der Waals surface area contributed by atoms with Crippen LogP contribution in [0.2, 0.25) is 0 Å². The molecule has 4 rings (SSSR count). The van der Waals surface area contributed by atoms with Gasteiger partial charge in [-0.15, -0.1) is 0 Å². The number of carbonyl (C=O) groups excluding carboxylic acids is 1. The van der Waals surface area contributed by atoms with E-state index in [9.17, 15) is 15.0 Å². The Balaban J connectivity index is 1.21. The predicted octanol–water partition coefficient (Wildman–Crippen LogP) is 2.07. The lowest BCUT2D eigenvalue weighted by atomic mass is 9.87. The van der Waals surface area contributed by atoms with E-state index < -0.39 is 24.5 Å². The van der Waals surface area contributed by atoms with Gasteiger partial charge >= 0.3 is 6.03 Å². The molecule has 2 unspecified atom stereocenters. The van der Waals surface area contributed by atoms with Crippen LogP contribution in [0.15, 0.2) is 42.9 Å². The van der Waals surface area contributed by atoms with E-state index in [1.807, 2.05) is 36.2 Å². The van der Waals surface area contributed by atoms with Crippen LogP contribution in [0, 0.1) is 0 Å². The third kappa shape index (κ3) is 6.19. The van der Waals surface area contributed by atoms with Gasteiger partial charge in [-0.05, 0) is 49.2 Å². The first kappa shape index (κ1) is 26.8. The van der Waals surface area contributed by atoms with Crippen LogP contribution >= 0.6 is 0 Å². The molecule has 3 aromatic rings. The molecule has 11 nitrogen and oxygen atoms in total. The molecule has 2 amide bonds. The summed E-state index contributed by atoms with van der Waals surface area (Å²) in [6.07, 6.45) is 0.231. The average Bonchev–Trinajstić information content (AvgIpc) is 3.39. The van der Waals surface area contributed by atoms with Gasteiger partial charge in [0, 0.05) is 25.0 Å². The summed E-state index contributed by atoms with van der Waals surface area (Å²) < 4.78 is 7.70. The van der Waals surface area contributed by atoms with Crippen LogP contribution < -0.4 is 16.4 Å². The number of urea groups is 1. The lowest BCUT2D eigenvalue weighted by Gasteiger charge is -2.23. The number of ether oxygens (including phenoxy) is 1. The fourth-order valence-corrected chi connectivity index (χ4v) is 4.48. The van der Waals surface area contributed by atoms with Gasteiger partial charge in [0.2, 0.25) is 0 Å². The maximum atomic E-state index is 12.2. The first-order valence-corrected chi connectivity index (χ1v) is 12.5. The fraction of sp³-hybridized carbons (Fsp3) is 0.500. The number of hydrogen-bond donors (Lipinski definition) is 5. The van der Waals surface area contributed by atoms with E-state index in [0.29, 0.717) is 42.9 Å².